The van der Waals surface area contributed by atoms with Crippen LogP contribution in [-0.2, 0) is 13.0 Å². The van der Waals surface area contributed by atoms with Gasteiger partial charge in [-0.3, -0.25) is 0 Å². The molecule has 1 heterocycles. The Morgan fingerprint density at radius 1 is 1.16 bits per heavy atom. The fourth-order valence-electron chi connectivity index (χ4n) is 3.23. The number of hydrogen-bond donors (Lipinski definition) is 0. The largest absolute Gasteiger partial charge is 0.328 e. The molecule has 2 nitrogen and oxygen atoms in total. The molecule has 2 aromatic rings. The summed E-state index contributed by atoms with van der Waals surface area (Å²) in [7, 11) is 0. The molecule has 19 heavy (non-hydrogen) atoms. The van der Waals surface area contributed by atoms with Gasteiger partial charge in [-0.15, -0.1) is 11.6 Å². The van der Waals surface area contributed by atoms with Gasteiger partial charge in [-0.25, -0.2) is 4.98 Å². The van der Waals surface area contributed by atoms with Gasteiger partial charge in [0.05, 0.1) is 11.0 Å². The monoisotopic (exact) mass is 276 g/mol. The van der Waals surface area contributed by atoms with Crippen molar-refractivity contribution in [2.24, 2.45) is 5.92 Å². The zero-order valence-electron chi connectivity index (χ0n) is 11.3. The van der Waals surface area contributed by atoms with Crippen molar-refractivity contribution in [1.29, 1.82) is 0 Å². The van der Waals surface area contributed by atoms with Crippen LogP contribution in [0.4, 0.5) is 0 Å². The van der Waals surface area contributed by atoms with Crippen LogP contribution in [0.5, 0.6) is 0 Å². The first-order valence-corrected chi connectivity index (χ1v) is 7.92. The van der Waals surface area contributed by atoms with Crippen LogP contribution < -0.4 is 0 Å². The first-order valence-electron chi connectivity index (χ1n) is 7.38. The number of imidazole rings is 1. The van der Waals surface area contributed by atoms with Crippen LogP contribution in [0.25, 0.3) is 11.0 Å². The maximum Gasteiger partial charge on any atom is 0.111 e. The summed E-state index contributed by atoms with van der Waals surface area (Å²) in [6, 6.07) is 8.45. The number of aromatic nitrogens is 2. The van der Waals surface area contributed by atoms with E-state index in [9.17, 15) is 0 Å². The number of alkyl halides is 1. The second-order valence-electron chi connectivity index (χ2n) is 5.57. The maximum absolute atomic E-state index is 5.93. The Morgan fingerprint density at radius 3 is 2.74 bits per heavy atom. The van der Waals surface area contributed by atoms with Crippen molar-refractivity contribution < 1.29 is 0 Å². The van der Waals surface area contributed by atoms with Gasteiger partial charge < -0.3 is 4.57 Å². The number of hydrogen-bond acceptors (Lipinski definition) is 1. The quantitative estimate of drug-likeness (QED) is 0.757. The van der Waals surface area contributed by atoms with E-state index < -0.39 is 0 Å². The van der Waals surface area contributed by atoms with E-state index in [1.165, 1.54) is 37.6 Å². The fourth-order valence-corrected chi connectivity index (χ4v) is 3.40. The molecule has 0 atom stereocenters. The smallest absolute Gasteiger partial charge is 0.111 e. The highest BCUT2D eigenvalue weighted by atomic mass is 35.5. The summed E-state index contributed by atoms with van der Waals surface area (Å²) in [4.78, 5) is 4.75. The topological polar surface area (TPSA) is 17.8 Å². The van der Waals surface area contributed by atoms with Crippen molar-refractivity contribution >= 4 is 22.6 Å². The third-order valence-electron chi connectivity index (χ3n) is 4.22. The van der Waals surface area contributed by atoms with Crippen molar-refractivity contribution in [2.45, 2.75) is 45.1 Å². The number of aryl methyl sites for hydroxylation is 1. The van der Waals surface area contributed by atoms with Gasteiger partial charge in [-0.1, -0.05) is 31.4 Å². The molecular formula is C16H21ClN2. The van der Waals surface area contributed by atoms with Crippen molar-refractivity contribution in [1.82, 2.24) is 9.55 Å². The lowest BCUT2D eigenvalue weighted by atomic mass is 9.89. The molecule has 0 aliphatic heterocycles. The van der Waals surface area contributed by atoms with E-state index in [1.54, 1.807) is 0 Å². The fraction of sp³-hybridized carbons (Fsp3) is 0.562. The van der Waals surface area contributed by atoms with Crippen LogP contribution in [-0.4, -0.2) is 15.4 Å². The molecule has 0 saturated heterocycles. The van der Waals surface area contributed by atoms with Crippen molar-refractivity contribution in [3.05, 3.63) is 30.1 Å². The van der Waals surface area contributed by atoms with E-state index in [4.69, 9.17) is 16.6 Å². The van der Waals surface area contributed by atoms with Crippen LogP contribution in [0.15, 0.2) is 24.3 Å². The summed E-state index contributed by atoms with van der Waals surface area (Å²) < 4.78 is 2.41. The molecule has 1 aromatic heterocycles. The molecule has 0 spiro atoms. The highest BCUT2D eigenvalue weighted by Crippen LogP contribution is 2.27. The average Bonchev–Trinajstić information content (AvgIpc) is 2.79. The summed E-state index contributed by atoms with van der Waals surface area (Å²) in [5.74, 6) is 2.62. The van der Waals surface area contributed by atoms with E-state index in [-0.39, 0.29) is 0 Å². The van der Waals surface area contributed by atoms with Crippen molar-refractivity contribution in [3.63, 3.8) is 0 Å². The van der Waals surface area contributed by atoms with Gasteiger partial charge in [0.25, 0.3) is 0 Å². The molecular weight excluding hydrogens is 256 g/mol. The van der Waals surface area contributed by atoms with E-state index in [0.717, 1.165) is 30.2 Å². The van der Waals surface area contributed by atoms with Crippen LogP contribution in [0.2, 0.25) is 0 Å². The number of fused-ring (bicyclic) bond motifs is 1. The maximum atomic E-state index is 5.93. The molecule has 1 aliphatic rings. The minimum atomic E-state index is 0.647. The second kappa shape index (κ2) is 5.96. The molecule has 3 heteroatoms. The predicted molar refractivity (Wildman–Crippen MR) is 80.7 cm³/mol. The molecule has 1 aromatic carbocycles. The summed E-state index contributed by atoms with van der Waals surface area (Å²) in [5, 5.41) is 0. The lowest BCUT2D eigenvalue weighted by molar-refractivity contribution is 0.319. The van der Waals surface area contributed by atoms with Gasteiger partial charge in [0.1, 0.15) is 5.82 Å². The normalized spacial score (nSPS) is 17.1. The Hall–Kier alpha value is -1.02. The molecule has 102 valence electrons. The molecule has 1 aliphatic carbocycles. The van der Waals surface area contributed by atoms with Gasteiger partial charge in [0.15, 0.2) is 0 Å². The molecule has 0 N–H and O–H groups in total. The van der Waals surface area contributed by atoms with Crippen molar-refractivity contribution in [2.75, 3.05) is 5.88 Å². The minimum Gasteiger partial charge on any atom is -0.328 e. The molecule has 3 rings (SSSR count). The Kier molecular flexibility index (Phi) is 4.07. The number of benzene rings is 1. The molecule has 0 amide bonds. The van der Waals surface area contributed by atoms with Gasteiger partial charge in [0.2, 0.25) is 0 Å². The zero-order chi connectivity index (χ0) is 13.1. The highest BCUT2D eigenvalue weighted by molar-refractivity contribution is 6.17. The standard InChI is InChI=1S/C16H21ClN2/c17-11-10-16-18-14-8-4-5-9-15(14)19(16)12-13-6-2-1-3-7-13/h4-5,8-9,13H,1-3,6-7,10-12H2. The third kappa shape index (κ3) is 2.79. The summed E-state index contributed by atoms with van der Waals surface area (Å²) in [5.41, 5.74) is 2.38. The lowest BCUT2D eigenvalue weighted by Gasteiger charge is -2.23. The Labute approximate surface area is 119 Å². The highest BCUT2D eigenvalue weighted by Gasteiger charge is 2.17. The third-order valence-corrected chi connectivity index (χ3v) is 4.41. The van der Waals surface area contributed by atoms with E-state index >= 15 is 0 Å². The van der Waals surface area contributed by atoms with Gasteiger partial charge in [-0.2, -0.15) is 0 Å². The van der Waals surface area contributed by atoms with E-state index in [2.05, 4.69) is 28.8 Å². The molecule has 0 radical (unpaired) electrons. The second-order valence-corrected chi connectivity index (χ2v) is 5.95. The summed E-state index contributed by atoms with van der Waals surface area (Å²) >= 11 is 5.93. The lowest BCUT2D eigenvalue weighted by Crippen LogP contribution is -2.16. The molecule has 1 fully saturated rings. The molecule has 0 bridgehead atoms. The predicted octanol–water partition coefficient (Wildman–Crippen LogP) is 4.40. The zero-order valence-corrected chi connectivity index (χ0v) is 12.1. The Balaban J connectivity index is 1.92. The summed E-state index contributed by atoms with van der Waals surface area (Å²) in [6.45, 7) is 1.12. The summed E-state index contributed by atoms with van der Waals surface area (Å²) in [6.07, 6.45) is 7.79. The first-order chi connectivity index (χ1) is 9.38. The Morgan fingerprint density at radius 2 is 1.95 bits per heavy atom. The van der Waals surface area contributed by atoms with Gasteiger partial charge in [0, 0.05) is 18.8 Å². The van der Waals surface area contributed by atoms with E-state index in [0.29, 0.717) is 5.88 Å². The number of nitrogens with zero attached hydrogens (tertiary/aromatic N) is 2. The number of rotatable bonds is 4. The van der Waals surface area contributed by atoms with Crippen LogP contribution in [0, 0.1) is 5.92 Å². The Bertz CT molecular complexity index is 541. The molecule has 0 unspecified atom stereocenters. The van der Waals surface area contributed by atoms with Crippen molar-refractivity contribution in [3.8, 4) is 0 Å². The van der Waals surface area contributed by atoms with Crippen LogP contribution in [0.3, 0.4) is 0 Å². The first kappa shape index (κ1) is 13.0. The SMILES string of the molecule is ClCCc1nc2ccccc2n1CC1CCCCC1. The number of para-hydroxylation sites is 2. The van der Waals surface area contributed by atoms with Crippen LogP contribution >= 0.6 is 11.6 Å². The number of halogens is 1. The van der Waals surface area contributed by atoms with Crippen LogP contribution in [0.1, 0.15) is 37.9 Å². The van der Waals surface area contributed by atoms with Gasteiger partial charge in [-0.05, 0) is 30.9 Å². The van der Waals surface area contributed by atoms with Gasteiger partial charge >= 0.3 is 0 Å². The molecule has 1 saturated carbocycles. The minimum absolute atomic E-state index is 0.647. The average molecular weight is 277 g/mol. The van der Waals surface area contributed by atoms with E-state index in [1.807, 2.05) is 0 Å².